The highest BCUT2D eigenvalue weighted by atomic mass is 16.3. The predicted molar refractivity (Wildman–Crippen MR) is 92.6 cm³/mol. The molecule has 0 aliphatic heterocycles. The average Bonchev–Trinajstić information content (AvgIpc) is 2.50. The van der Waals surface area contributed by atoms with Gasteiger partial charge in [-0.1, -0.05) is 97.3 Å². The fourth-order valence-electron chi connectivity index (χ4n) is 2.78. The van der Waals surface area contributed by atoms with Gasteiger partial charge in [0.25, 0.3) is 0 Å². The van der Waals surface area contributed by atoms with Gasteiger partial charge in [0.1, 0.15) is 0 Å². The summed E-state index contributed by atoms with van der Waals surface area (Å²) in [7, 11) is 0. The zero-order valence-electron chi connectivity index (χ0n) is 14.7. The van der Waals surface area contributed by atoms with E-state index in [1.54, 1.807) is 0 Å². The second-order valence-corrected chi connectivity index (χ2v) is 6.76. The van der Waals surface area contributed by atoms with Crippen LogP contribution >= 0.6 is 0 Å². The minimum absolute atomic E-state index is 0.0299. The lowest BCUT2D eigenvalue weighted by molar-refractivity contribution is 0.0685. The molecule has 2 atom stereocenters. The highest BCUT2D eigenvalue weighted by Crippen LogP contribution is 2.15. The summed E-state index contributed by atoms with van der Waals surface area (Å²) in [5.41, 5.74) is 0. The molecule has 0 aliphatic carbocycles. The Morgan fingerprint density at radius 2 is 1.05 bits per heavy atom. The van der Waals surface area contributed by atoms with Crippen LogP contribution < -0.4 is 0 Å². The van der Waals surface area contributed by atoms with Gasteiger partial charge in [-0.15, -0.1) is 0 Å². The van der Waals surface area contributed by atoms with E-state index in [1.165, 1.54) is 77.0 Å². The van der Waals surface area contributed by atoms with Crippen molar-refractivity contribution in [1.82, 2.24) is 0 Å². The molecule has 2 heteroatoms. The molecule has 0 aromatic heterocycles. The van der Waals surface area contributed by atoms with E-state index >= 15 is 0 Å². The molecule has 0 saturated heterocycles. The van der Waals surface area contributed by atoms with Gasteiger partial charge in [0, 0.05) is 12.5 Å². The normalized spacial score (nSPS) is 14.3. The predicted octanol–water partition coefficient (Wildman–Crippen LogP) is 5.46. The number of rotatable bonds is 16. The van der Waals surface area contributed by atoms with Gasteiger partial charge in [-0.2, -0.15) is 0 Å². The maximum absolute atomic E-state index is 9.73. The molecule has 0 radical (unpaired) electrons. The van der Waals surface area contributed by atoms with Crippen LogP contribution in [0.15, 0.2) is 0 Å². The van der Waals surface area contributed by atoms with Crippen LogP contribution in [0.25, 0.3) is 0 Å². The van der Waals surface area contributed by atoms with Crippen LogP contribution in [-0.2, 0) is 0 Å². The first kappa shape index (κ1) is 20.9. The van der Waals surface area contributed by atoms with Crippen LogP contribution in [0, 0.1) is 5.92 Å². The van der Waals surface area contributed by atoms with Crippen molar-refractivity contribution in [2.24, 2.45) is 5.92 Å². The van der Waals surface area contributed by atoms with Gasteiger partial charge in [0.2, 0.25) is 0 Å². The molecule has 2 N–H and O–H groups in total. The molecule has 0 saturated carbocycles. The summed E-state index contributed by atoms with van der Waals surface area (Å²) in [6.07, 6.45) is 18.2. The van der Waals surface area contributed by atoms with E-state index in [-0.39, 0.29) is 18.6 Å². The number of unbranched alkanes of at least 4 members (excludes halogenated alkanes) is 12. The van der Waals surface area contributed by atoms with Crippen molar-refractivity contribution in [2.45, 2.75) is 110 Å². The van der Waals surface area contributed by atoms with Gasteiger partial charge < -0.3 is 10.2 Å². The van der Waals surface area contributed by atoms with Gasteiger partial charge in [-0.3, -0.25) is 0 Å². The molecule has 128 valence electrons. The second kappa shape index (κ2) is 16.3. The molecule has 0 aromatic rings. The molecule has 2 nitrogen and oxygen atoms in total. The summed E-state index contributed by atoms with van der Waals surface area (Å²) in [6.45, 7) is 4.28. The lowest BCUT2D eigenvalue weighted by Gasteiger charge is -2.15. The summed E-state index contributed by atoms with van der Waals surface area (Å²) >= 11 is 0. The standard InChI is InChI=1S/C19H40O2/c1-3-4-5-6-7-8-9-10-11-12-13-14-15-16-19(21)18(2)17-20/h18-21H,3-17H2,1-2H3/t18-,19+/m0/s1. The van der Waals surface area contributed by atoms with Crippen molar-refractivity contribution < 1.29 is 10.2 Å². The first-order valence-electron chi connectivity index (χ1n) is 9.51. The van der Waals surface area contributed by atoms with Crippen LogP contribution in [0.4, 0.5) is 0 Å². The van der Waals surface area contributed by atoms with Crippen LogP contribution in [0.3, 0.4) is 0 Å². The molecule has 0 aromatic carbocycles. The Hall–Kier alpha value is -0.0800. The number of aliphatic hydroxyl groups excluding tert-OH is 2. The van der Waals surface area contributed by atoms with Crippen molar-refractivity contribution in [3.8, 4) is 0 Å². The van der Waals surface area contributed by atoms with Gasteiger partial charge in [-0.25, -0.2) is 0 Å². The Balaban J connectivity index is 3.09. The highest BCUT2D eigenvalue weighted by Gasteiger charge is 2.11. The Bertz CT molecular complexity index is 194. The lowest BCUT2D eigenvalue weighted by atomic mass is 9.99. The van der Waals surface area contributed by atoms with Crippen molar-refractivity contribution in [2.75, 3.05) is 6.61 Å². The van der Waals surface area contributed by atoms with Crippen LogP contribution in [0.1, 0.15) is 104 Å². The maximum atomic E-state index is 9.73. The topological polar surface area (TPSA) is 40.5 Å². The first-order chi connectivity index (χ1) is 10.2. The van der Waals surface area contributed by atoms with E-state index in [2.05, 4.69) is 6.92 Å². The summed E-state index contributed by atoms with van der Waals surface area (Å²) in [5, 5.41) is 18.7. The number of hydrogen-bond acceptors (Lipinski definition) is 2. The average molecular weight is 301 g/mol. The fourth-order valence-corrected chi connectivity index (χ4v) is 2.78. The number of hydrogen-bond donors (Lipinski definition) is 2. The Morgan fingerprint density at radius 1 is 0.667 bits per heavy atom. The molecule has 0 fully saturated rings. The summed E-state index contributed by atoms with van der Waals surface area (Å²) in [6, 6.07) is 0. The Labute approximate surface area is 133 Å². The smallest absolute Gasteiger partial charge is 0.0587 e. The molecule has 0 unspecified atom stereocenters. The molecule has 0 spiro atoms. The van der Waals surface area contributed by atoms with Crippen LogP contribution in [0.5, 0.6) is 0 Å². The van der Waals surface area contributed by atoms with Crippen molar-refractivity contribution in [1.29, 1.82) is 0 Å². The van der Waals surface area contributed by atoms with Gasteiger partial charge in [-0.05, 0) is 6.42 Å². The van der Waals surface area contributed by atoms with Crippen molar-refractivity contribution in [3.05, 3.63) is 0 Å². The van der Waals surface area contributed by atoms with Gasteiger partial charge >= 0.3 is 0 Å². The van der Waals surface area contributed by atoms with Gasteiger partial charge in [0.05, 0.1) is 6.10 Å². The summed E-state index contributed by atoms with van der Waals surface area (Å²) < 4.78 is 0. The molecule has 21 heavy (non-hydrogen) atoms. The zero-order chi connectivity index (χ0) is 15.8. The molecule has 0 aliphatic rings. The molecule has 0 rings (SSSR count). The largest absolute Gasteiger partial charge is 0.396 e. The molecule has 0 amide bonds. The van der Waals surface area contributed by atoms with Crippen LogP contribution in [0.2, 0.25) is 0 Å². The third-order valence-corrected chi connectivity index (χ3v) is 4.55. The third kappa shape index (κ3) is 14.6. The first-order valence-corrected chi connectivity index (χ1v) is 9.51. The lowest BCUT2D eigenvalue weighted by Crippen LogP contribution is -2.20. The highest BCUT2D eigenvalue weighted by molar-refractivity contribution is 4.63. The van der Waals surface area contributed by atoms with E-state index < -0.39 is 0 Å². The van der Waals surface area contributed by atoms with Crippen molar-refractivity contribution >= 4 is 0 Å². The van der Waals surface area contributed by atoms with E-state index in [0.29, 0.717) is 0 Å². The Morgan fingerprint density at radius 3 is 1.43 bits per heavy atom. The SMILES string of the molecule is CCCCCCCCCCCCCCC[C@@H](O)[C@@H](C)CO. The molecule has 0 bridgehead atoms. The van der Waals surface area contributed by atoms with E-state index in [4.69, 9.17) is 5.11 Å². The Kier molecular flexibility index (Phi) is 16.2. The minimum Gasteiger partial charge on any atom is -0.396 e. The molecule has 0 heterocycles. The van der Waals surface area contributed by atoms with E-state index in [0.717, 1.165) is 12.8 Å². The summed E-state index contributed by atoms with van der Waals surface area (Å²) in [4.78, 5) is 0. The quantitative estimate of drug-likeness (QED) is 0.372. The maximum Gasteiger partial charge on any atom is 0.0587 e. The second-order valence-electron chi connectivity index (χ2n) is 6.76. The van der Waals surface area contributed by atoms with Gasteiger partial charge in [0.15, 0.2) is 0 Å². The summed E-state index contributed by atoms with van der Waals surface area (Å²) in [5.74, 6) is 0.0299. The van der Waals surface area contributed by atoms with E-state index in [9.17, 15) is 5.11 Å². The monoisotopic (exact) mass is 300 g/mol. The fraction of sp³-hybridized carbons (Fsp3) is 1.00. The molecular formula is C19H40O2. The number of aliphatic hydroxyl groups is 2. The molecular weight excluding hydrogens is 260 g/mol. The van der Waals surface area contributed by atoms with Crippen LogP contribution in [-0.4, -0.2) is 22.9 Å². The third-order valence-electron chi connectivity index (χ3n) is 4.55. The zero-order valence-corrected chi connectivity index (χ0v) is 14.7. The van der Waals surface area contributed by atoms with E-state index in [1.807, 2.05) is 6.92 Å². The van der Waals surface area contributed by atoms with Crippen molar-refractivity contribution in [3.63, 3.8) is 0 Å². The minimum atomic E-state index is -0.317.